The van der Waals surface area contributed by atoms with E-state index >= 15 is 0 Å². The molecule has 2 saturated heterocycles. The fourth-order valence-corrected chi connectivity index (χ4v) is 11.9. The van der Waals surface area contributed by atoms with Gasteiger partial charge >= 0.3 is 0 Å². The van der Waals surface area contributed by atoms with Crippen LogP contribution in [0.25, 0.3) is 10.9 Å². The molecule has 10 atom stereocenters. The Morgan fingerprint density at radius 3 is 2.17 bits per heavy atom. The highest BCUT2D eigenvalue weighted by atomic mass is 16.7. The number of aliphatic hydroxyl groups excluding tert-OH is 1. The fourth-order valence-electron chi connectivity index (χ4n) is 11.9. The van der Waals surface area contributed by atoms with Crippen LogP contribution < -0.4 is 0 Å². The monoisotopic (exact) mass is 1050 g/mol. The van der Waals surface area contributed by atoms with Crippen LogP contribution >= 0.6 is 0 Å². The van der Waals surface area contributed by atoms with Crippen molar-refractivity contribution in [2.24, 2.45) is 35.5 Å². The number of aliphatic hydroxyl groups is 1. The van der Waals surface area contributed by atoms with Crippen LogP contribution in [-0.2, 0) is 54.3 Å². The first kappa shape index (κ1) is 61.2. The summed E-state index contributed by atoms with van der Waals surface area (Å²) in [5, 5.41) is 14.4. The number of nitrogens with zero attached hydrogens (tertiary/aromatic N) is 5. The van der Waals surface area contributed by atoms with Crippen molar-refractivity contribution >= 4 is 51.9 Å². The van der Waals surface area contributed by atoms with E-state index in [2.05, 4.69) is 11.9 Å². The Labute approximate surface area is 446 Å². The van der Waals surface area contributed by atoms with E-state index in [1.54, 1.807) is 31.2 Å². The number of para-hydroxylation sites is 1. The maximum atomic E-state index is 14.8. The van der Waals surface area contributed by atoms with Gasteiger partial charge in [-0.3, -0.25) is 48.2 Å². The third kappa shape index (κ3) is 16.0. The number of Topliss-reactive ketones (excluding diaryl/α,β-unsaturated/α-hetero) is 3. The lowest BCUT2D eigenvalue weighted by atomic mass is 9.83. The second-order valence-electron chi connectivity index (χ2n) is 22.3. The molecule has 2 fully saturated rings. The molecule has 1 aromatic carbocycles. The van der Waals surface area contributed by atoms with E-state index in [9.17, 15) is 38.7 Å². The van der Waals surface area contributed by atoms with Gasteiger partial charge in [0, 0.05) is 114 Å². The normalized spacial score (nSPS) is 20.2. The number of fused-ring (bicyclic) bond motifs is 1. The number of H-pyrrole nitrogens is 1. The Bertz CT molecular complexity index is 2240. The number of ketones is 3. The van der Waals surface area contributed by atoms with Gasteiger partial charge in [-0.05, 0) is 87.9 Å². The minimum absolute atomic E-state index is 0.00359. The zero-order valence-corrected chi connectivity index (χ0v) is 47.0. The number of aromatic amines is 1. The quantitative estimate of drug-likeness (QED) is 0.0727. The number of nitrogens with one attached hydrogen (secondary N) is 1. The van der Waals surface area contributed by atoms with Gasteiger partial charge in [-0.25, -0.2) is 0 Å². The molecule has 3 aliphatic heterocycles. The molecular formula is C58H90N6O11. The SMILES string of the molecule is CC[C@H](C)[C@@H]([C@@H](CC(=O)N1CCC[C@H]1[C@H](OC)[C@@H](C)C(=O)C[C@@H](Cc1c[nH]c2ccccc12)C(O)N1CCCCO1)OC)N(C)C(=O)[C@@H](CC(=O)[C@H](C(C)C)N(C)CCCC(=O)CCCN1C(=O)C=CC1=O)C(C)C. The molecule has 0 radical (unpaired) electrons. The van der Waals surface area contributed by atoms with Crippen molar-refractivity contribution in [3.05, 3.63) is 48.2 Å². The molecule has 2 N–H and O–H groups in total. The number of amides is 4. The van der Waals surface area contributed by atoms with Gasteiger partial charge in [-0.2, -0.15) is 5.06 Å². The third-order valence-corrected chi connectivity index (χ3v) is 16.4. The van der Waals surface area contributed by atoms with Crippen molar-refractivity contribution in [2.75, 3.05) is 61.1 Å². The van der Waals surface area contributed by atoms with Gasteiger partial charge in [0.25, 0.3) is 11.8 Å². The maximum absolute atomic E-state index is 14.8. The number of hydroxylamine groups is 2. The standard InChI is InChI=1S/C58H90N6O11/c1-12-39(6)55(61(9)58(72)45(37(2)3)34-49(67)54(38(4)5)60(8)27-17-20-43(65)21-18-29-63-51(68)25-26-52(63)69)50(73-10)35-53(70)62-28-19-24-47(62)56(74-11)40(7)48(66)33-41(57(71)64-30-15-16-31-75-64)32-42-36-59-46-23-14-13-22-44(42)46/h13-14,22-23,25-26,36-41,45,47,50,54-57,59,71H,12,15-21,24,27-35H2,1-11H3/t39-,40-,41+,45-,47-,50+,54-,55-,56+,57?/m0/s1. The van der Waals surface area contributed by atoms with Gasteiger partial charge in [0.2, 0.25) is 11.8 Å². The zero-order valence-electron chi connectivity index (χ0n) is 47.0. The summed E-state index contributed by atoms with van der Waals surface area (Å²) in [5.74, 6) is -3.15. The van der Waals surface area contributed by atoms with Crippen LogP contribution in [0, 0.1) is 35.5 Å². The number of benzene rings is 1. The predicted octanol–water partition coefficient (Wildman–Crippen LogP) is 6.79. The number of imide groups is 1. The predicted molar refractivity (Wildman–Crippen MR) is 288 cm³/mol. The molecule has 3 aliphatic rings. The average molecular weight is 1050 g/mol. The molecule has 4 heterocycles. The molecule has 2 aromatic rings. The lowest BCUT2D eigenvalue weighted by Crippen LogP contribution is -2.54. The minimum atomic E-state index is -1.00. The van der Waals surface area contributed by atoms with E-state index in [4.69, 9.17) is 14.3 Å². The van der Waals surface area contributed by atoms with Crippen molar-refractivity contribution in [1.29, 1.82) is 0 Å². The molecule has 0 spiro atoms. The Hall–Kier alpha value is -4.65. The summed E-state index contributed by atoms with van der Waals surface area (Å²) in [4.78, 5) is 111. The van der Waals surface area contributed by atoms with Crippen molar-refractivity contribution in [3.8, 4) is 0 Å². The van der Waals surface area contributed by atoms with Crippen LogP contribution in [0.5, 0.6) is 0 Å². The maximum Gasteiger partial charge on any atom is 0.253 e. The summed E-state index contributed by atoms with van der Waals surface area (Å²) in [6.07, 6.45) is 8.07. The summed E-state index contributed by atoms with van der Waals surface area (Å²) >= 11 is 0. The van der Waals surface area contributed by atoms with Gasteiger partial charge in [0.05, 0.1) is 43.4 Å². The summed E-state index contributed by atoms with van der Waals surface area (Å²) in [6, 6.07) is 6.63. The summed E-state index contributed by atoms with van der Waals surface area (Å²) in [7, 11) is 6.78. The topological polar surface area (TPSA) is 199 Å². The Balaban J connectivity index is 1.22. The molecule has 4 amide bonds. The summed E-state index contributed by atoms with van der Waals surface area (Å²) < 4.78 is 12.3. The zero-order chi connectivity index (χ0) is 55.1. The number of hydrogen-bond donors (Lipinski definition) is 2. The Kier molecular flexibility index (Phi) is 23.8. The second kappa shape index (κ2) is 29.2. The largest absolute Gasteiger partial charge is 0.379 e. The number of hydrogen-bond acceptors (Lipinski definition) is 13. The van der Waals surface area contributed by atoms with Gasteiger partial charge in [-0.15, -0.1) is 0 Å². The van der Waals surface area contributed by atoms with E-state index in [1.807, 2.05) is 88.9 Å². The van der Waals surface area contributed by atoms with Gasteiger partial charge in [0.15, 0.2) is 5.78 Å². The van der Waals surface area contributed by atoms with Crippen LogP contribution in [0.3, 0.4) is 0 Å². The first-order valence-electron chi connectivity index (χ1n) is 27.8. The van der Waals surface area contributed by atoms with Crippen LogP contribution in [0.2, 0.25) is 0 Å². The third-order valence-electron chi connectivity index (χ3n) is 16.4. The molecule has 1 aromatic heterocycles. The van der Waals surface area contributed by atoms with Crippen LogP contribution in [-0.4, -0.2) is 173 Å². The highest BCUT2D eigenvalue weighted by molar-refractivity contribution is 6.12. The van der Waals surface area contributed by atoms with Crippen molar-refractivity contribution < 1.29 is 53.0 Å². The van der Waals surface area contributed by atoms with Crippen molar-refractivity contribution in [1.82, 2.24) is 29.6 Å². The molecule has 418 valence electrons. The second-order valence-corrected chi connectivity index (χ2v) is 22.3. The number of likely N-dealkylation sites (tertiary alicyclic amines) is 1. The van der Waals surface area contributed by atoms with Gasteiger partial charge in [0.1, 0.15) is 17.8 Å². The summed E-state index contributed by atoms with van der Waals surface area (Å²) in [5.41, 5.74) is 1.99. The van der Waals surface area contributed by atoms with E-state index in [-0.39, 0.29) is 97.0 Å². The highest BCUT2D eigenvalue weighted by Crippen LogP contribution is 2.34. The number of ether oxygens (including phenoxy) is 2. The number of rotatable bonds is 32. The molecule has 75 heavy (non-hydrogen) atoms. The minimum Gasteiger partial charge on any atom is -0.379 e. The number of carbonyl (C=O) groups is 7. The summed E-state index contributed by atoms with van der Waals surface area (Å²) in [6.45, 7) is 16.1. The molecular weight excluding hydrogens is 957 g/mol. The lowest BCUT2D eigenvalue weighted by molar-refractivity contribution is -0.267. The average Bonchev–Trinajstić information content (AvgIpc) is 4.13. The van der Waals surface area contributed by atoms with Crippen LogP contribution in [0.1, 0.15) is 131 Å². The molecule has 17 nitrogen and oxygen atoms in total. The van der Waals surface area contributed by atoms with Crippen molar-refractivity contribution in [3.63, 3.8) is 0 Å². The molecule has 0 aliphatic carbocycles. The fraction of sp³-hybridized carbons (Fsp3) is 0.707. The molecule has 5 rings (SSSR count). The van der Waals surface area contributed by atoms with E-state index in [1.165, 1.54) is 12.2 Å². The molecule has 1 unspecified atom stereocenters. The number of methoxy groups -OCH3 is 2. The number of likely N-dealkylation sites (N-methyl/N-ethyl adjacent to an activating group) is 2. The Morgan fingerprint density at radius 1 is 0.853 bits per heavy atom. The van der Waals surface area contributed by atoms with Crippen LogP contribution in [0.15, 0.2) is 42.6 Å². The molecule has 0 bridgehead atoms. The lowest BCUT2D eigenvalue weighted by Gasteiger charge is -2.41. The Morgan fingerprint density at radius 2 is 1.55 bits per heavy atom. The molecule has 17 heteroatoms. The van der Waals surface area contributed by atoms with Crippen molar-refractivity contribution in [2.45, 2.75) is 168 Å². The number of aromatic nitrogens is 1. The smallest absolute Gasteiger partial charge is 0.253 e. The van der Waals surface area contributed by atoms with E-state index in [0.29, 0.717) is 64.8 Å². The van der Waals surface area contributed by atoms with Crippen LogP contribution in [0.4, 0.5) is 0 Å². The highest BCUT2D eigenvalue weighted by Gasteiger charge is 2.44. The van der Waals surface area contributed by atoms with Gasteiger partial charge < -0.3 is 29.4 Å². The van der Waals surface area contributed by atoms with Gasteiger partial charge in [-0.1, -0.05) is 73.1 Å². The molecule has 0 saturated carbocycles. The first-order valence-corrected chi connectivity index (χ1v) is 27.8. The number of carbonyl (C=O) groups excluding carboxylic acids is 7. The first-order chi connectivity index (χ1) is 35.7. The van der Waals surface area contributed by atoms with E-state index < -0.39 is 48.3 Å². The van der Waals surface area contributed by atoms with E-state index in [0.717, 1.165) is 40.6 Å².